The van der Waals surface area contributed by atoms with Gasteiger partial charge in [0.2, 0.25) is 0 Å². The molecule has 2 aromatic rings. The van der Waals surface area contributed by atoms with Crippen LogP contribution < -0.4 is 10.1 Å². The number of hydrogen-bond donors (Lipinski definition) is 1. The van der Waals surface area contributed by atoms with E-state index in [1.54, 1.807) is 12.3 Å². The fourth-order valence-electron chi connectivity index (χ4n) is 4.59. The number of fused-ring (bicyclic) bond motifs is 1. The molecule has 164 valence electrons. The van der Waals surface area contributed by atoms with Crippen molar-refractivity contribution in [3.63, 3.8) is 0 Å². The first-order valence-corrected chi connectivity index (χ1v) is 11.8. The number of hydrogen-bond acceptors (Lipinski definition) is 4. The molecule has 0 bridgehead atoms. The van der Waals surface area contributed by atoms with Crippen LogP contribution in [0.1, 0.15) is 59.3 Å². The second kappa shape index (κ2) is 8.99. The molecule has 1 N–H and O–H groups in total. The van der Waals surface area contributed by atoms with Gasteiger partial charge in [-0.05, 0) is 85.7 Å². The summed E-state index contributed by atoms with van der Waals surface area (Å²) in [5, 5.41) is 3.61. The first-order chi connectivity index (χ1) is 15.2. The second-order valence-electron chi connectivity index (χ2n) is 9.64. The van der Waals surface area contributed by atoms with Crippen LogP contribution >= 0.6 is 0 Å². The van der Waals surface area contributed by atoms with Crippen LogP contribution in [0.25, 0.3) is 0 Å². The molecule has 3 aliphatic rings. The number of carbonyl (C=O) groups excluding carboxylic acids is 1. The van der Waals surface area contributed by atoms with Crippen molar-refractivity contribution in [1.82, 2.24) is 15.2 Å². The zero-order chi connectivity index (χ0) is 21.2. The van der Waals surface area contributed by atoms with Gasteiger partial charge in [-0.15, -0.1) is 0 Å². The number of ether oxygens (including phenoxy) is 1. The quantitative estimate of drug-likeness (QED) is 0.668. The van der Waals surface area contributed by atoms with Gasteiger partial charge in [0.05, 0.1) is 12.8 Å². The number of pyridine rings is 1. The molecule has 1 aromatic carbocycles. The van der Waals surface area contributed by atoms with E-state index < -0.39 is 0 Å². The third-order valence-corrected chi connectivity index (χ3v) is 7.17. The zero-order valence-electron chi connectivity index (χ0n) is 18.5. The lowest BCUT2D eigenvalue weighted by Crippen LogP contribution is -2.38. The van der Waals surface area contributed by atoms with Gasteiger partial charge in [0, 0.05) is 19.6 Å². The molecule has 5 rings (SSSR count). The SMILES string of the molecule is CN(C(=O)c1ccc(OCC2CC2)cn1)[C@@H]1Cc2ccc(CNCC3CCC3)cc2C1. The molecule has 0 radical (unpaired) electrons. The molecule has 0 unspecified atom stereocenters. The van der Waals surface area contributed by atoms with Crippen molar-refractivity contribution in [3.05, 3.63) is 58.9 Å². The van der Waals surface area contributed by atoms with Crippen molar-refractivity contribution in [2.24, 2.45) is 11.8 Å². The number of carbonyl (C=O) groups is 1. The van der Waals surface area contributed by atoms with Crippen LogP contribution in [0.5, 0.6) is 5.75 Å². The summed E-state index contributed by atoms with van der Waals surface area (Å²) in [6, 6.07) is 10.6. The van der Waals surface area contributed by atoms with Crippen LogP contribution in [-0.4, -0.2) is 42.0 Å². The number of benzene rings is 1. The third kappa shape index (κ3) is 4.93. The average molecular weight is 420 g/mol. The summed E-state index contributed by atoms with van der Waals surface area (Å²) in [7, 11) is 1.90. The predicted octanol–water partition coefficient (Wildman–Crippen LogP) is 4.00. The number of nitrogens with zero attached hydrogens (tertiary/aromatic N) is 2. The molecule has 1 aromatic heterocycles. The summed E-state index contributed by atoms with van der Waals surface area (Å²) in [6.45, 7) is 2.82. The summed E-state index contributed by atoms with van der Waals surface area (Å²) in [5.74, 6) is 2.31. The highest BCUT2D eigenvalue weighted by molar-refractivity contribution is 5.92. The van der Waals surface area contributed by atoms with Gasteiger partial charge in [-0.2, -0.15) is 0 Å². The van der Waals surface area contributed by atoms with E-state index in [0.717, 1.165) is 44.2 Å². The normalized spacial score (nSPS) is 20.2. The lowest BCUT2D eigenvalue weighted by Gasteiger charge is -2.25. The lowest BCUT2D eigenvalue weighted by atomic mass is 9.85. The van der Waals surface area contributed by atoms with Crippen molar-refractivity contribution in [2.45, 2.75) is 57.5 Å². The topological polar surface area (TPSA) is 54.5 Å². The maximum Gasteiger partial charge on any atom is 0.272 e. The Morgan fingerprint density at radius 2 is 1.94 bits per heavy atom. The lowest BCUT2D eigenvalue weighted by molar-refractivity contribution is 0.0731. The van der Waals surface area contributed by atoms with Crippen LogP contribution in [-0.2, 0) is 19.4 Å². The summed E-state index contributed by atoms with van der Waals surface area (Å²) >= 11 is 0. The van der Waals surface area contributed by atoms with Gasteiger partial charge in [-0.3, -0.25) is 4.79 Å². The highest BCUT2D eigenvalue weighted by Gasteiger charge is 2.29. The van der Waals surface area contributed by atoms with E-state index in [1.165, 1.54) is 48.8 Å². The molecule has 2 saturated carbocycles. The second-order valence-corrected chi connectivity index (χ2v) is 9.64. The van der Waals surface area contributed by atoms with Crippen molar-refractivity contribution in [1.29, 1.82) is 0 Å². The summed E-state index contributed by atoms with van der Waals surface area (Å²) in [4.78, 5) is 19.2. The van der Waals surface area contributed by atoms with Gasteiger partial charge in [-0.25, -0.2) is 4.98 Å². The van der Waals surface area contributed by atoms with E-state index in [2.05, 4.69) is 28.5 Å². The van der Waals surface area contributed by atoms with E-state index >= 15 is 0 Å². The van der Waals surface area contributed by atoms with E-state index in [-0.39, 0.29) is 11.9 Å². The van der Waals surface area contributed by atoms with Crippen molar-refractivity contribution in [2.75, 3.05) is 20.2 Å². The van der Waals surface area contributed by atoms with E-state index in [1.807, 2.05) is 18.0 Å². The molecule has 5 nitrogen and oxygen atoms in total. The number of amides is 1. The smallest absolute Gasteiger partial charge is 0.272 e. The Balaban J connectivity index is 1.15. The van der Waals surface area contributed by atoms with Crippen LogP contribution in [0.15, 0.2) is 36.5 Å². The van der Waals surface area contributed by atoms with Gasteiger partial charge in [0.1, 0.15) is 11.4 Å². The Hall–Kier alpha value is -2.40. The molecule has 31 heavy (non-hydrogen) atoms. The van der Waals surface area contributed by atoms with Gasteiger partial charge in [-0.1, -0.05) is 24.6 Å². The minimum atomic E-state index is -0.0195. The molecular formula is C26H33N3O2. The average Bonchev–Trinajstić information content (AvgIpc) is 3.50. The summed E-state index contributed by atoms with van der Waals surface area (Å²) in [6.07, 6.45) is 10.2. The Kier molecular flexibility index (Phi) is 5.95. The molecule has 5 heteroatoms. The molecule has 3 aliphatic carbocycles. The molecular weight excluding hydrogens is 386 g/mol. The third-order valence-electron chi connectivity index (χ3n) is 7.17. The standard InChI is InChI=1S/C26H33N3O2/c1-29(26(30)25-10-9-24(16-28-25)31-17-19-5-6-19)23-12-21-8-7-20(11-22(21)13-23)15-27-14-18-3-2-4-18/h7-11,16,18-19,23,27H,2-6,12-15,17H2,1H3/t23-/m1/s1. The predicted molar refractivity (Wildman–Crippen MR) is 121 cm³/mol. The fraction of sp³-hybridized carbons (Fsp3) is 0.538. The molecule has 0 saturated heterocycles. The highest BCUT2D eigenvalue weighted by Crippen LogP contribution is 2.30. The maximum atomic E-state index is 13.0. The van der Waals surface area contributed by atoms with Crippen molar-refractivity contribution >= 4 is 5.91 Å². The number of nitrogens with one attached hydrogen (secondary N) is 1. The highest BCUT2D eigenvalue weighted by atomic mass is 16.5. The molecule has 0 aliphatic heterocycles. The summed E-state index contributed by atoms with van der Waals surface area (Å²) < 4.78 is 5.74. The molecule has 1 amide bonds. The monoisotopic (exact) mass is 419 g/mol. The van der Waals surface area contributed by atoms with Crippen LogP contribution in [0.4, 0.5) is 0 Å². The minimum absolute atomic E-state index is 0.0195. The van der Waals surface area contributed by atoms with E-state index in [0.29, 0.717) is 11.6 Å². The zero-order valence-corrected chi connectivity index (χ0v) is 18.5. The Morgan fingerprint density at radius 1 is 1.10 bits per heavy atom. The van der Waals surface area contributed by atoms with Gasteiger partial charge in [0.15, 0.2) is 0 Å². The Bertz CT molecular complexity index is 919. The Labute approximate surface area is 185 Å². The van der Waals surface area contributed by atoms with Crippen LogP contribution in [0.2, 0.25) is 0 Å². The molecule has 0 spiro atoms. The molecule has 2 fully saturated rings. The first-order valence-electron chi connectivity index (χ1n) is 11.8. The first kappa shape index (κ1) is 20.5. The molecule has 1 heterocycles. The van der Waals surface area contributed by atoms with Crippen molar-refractivity contribution in [3.8, 4) is 5.75 Å². The number of rotatable bonds is 9. The largest absolute Gasteiger partial charge is 0.492 e. The van der Waals surface area contributed by atoms with Crippen LogP contribution in [0.3, 0.4) is 0 Å². The number of likely N-dealkylation sites (N-methyl/N-ethyl adjacent to an activating group) is 1. The number of aromatic nitrogens is 1. The van der Waals surface area contributed by atoms with Gasteiger partial charge in [0.25, 0.3) is 5.91 Å². The molecule has 1 atom stereocenters. The minimum Gasteiger partial charge on any atom is -0.492 e. The van der Waals surface area contributed by atoms with Crippen molar-refractivity contribution < 1.29 is 9.53 Å². The maximum absolute atomic E-state index is 13.0. The fourth-order valence-corrected chi connectivity index (χ4v) is 4.59. The van der Waals surface area contributed by atoms with E-state index in [4.69, 9.17) is 4.74 Å². The van der Waals surface area contributed by atoms with Gasteiger partial charge < -0.3 is 15.0 Å². The van der Waals surface area contributed by atoms with Crippen LogP contribution in [0, 0.1) is 11.8 Å². The summed E-state index contributed by atoms with van der Waals surface area (Å²) in [5.41, 5.74) is 4.57. The Morgan fingerprint density at radius 3 is 2.65 bits per heavy atom. The van der Waals surface area contributed by atoms with E-state index in [9.17, 15) is 4.79 Å². The van der Waals surface area contributed by atoms with Gasteiger partial charge >= 0.3 is 0 Å².